The van der Waals surface area contributed by atoms with E-state index in [4.69, 9.17) is 0 Å². The first-order valence-electron chi connectivity index (χ1n) is 6.20. The second-order valence-electron chi connectivity index (χ2n) is 5.42. The minimum Gasteiger partial charge on any atom is -0.100 e. The Labute approximate surface area is 89.8 Å². The first-order chi connectivity index (χ1) is 6.56. The summed E-state index contributed by atoms with van der Waals surface area (Å²) in [6.07, 6.45) is 5.43. The van der Waals surface area contributed by atoms with Gasteiger partial charge in [-0.1, -0.05) is 32.8 Å². The minimum absolute atomic E-state index is 0.922. The normalized spacial score (nSPS) is 29.7. The van der Waals surface area contributed by atoms with Crippen molar-refractivity contribution >= 4 is 0 Å². The van der Waals surface area contributed by atoms with Crippen LogP contribution >= 0.6 is 0 Å². The van der Waals surface area contributed by atoms with Crippen LogP contribution in [-0.4, -0.2) is 0 Å². The molecule has 0 heterocycles. The van der Waals surface area contributed by atoms with Gasteiger partial charge in [0.1, 0.15) is 0 Å². The highest BCUT2D eigenvalue weighted by molar-refractivity contribution is 4.95. The van der Waals surface area contributed by atoms with E-state index in [1.165, 1.54) is 31.3 Å². The molecule has 1 aliphatic rings. The lowest BCUT2D eigenvalue weighted by Crippen LogP contribution is -2.04. The van der Waals surface area contributed by atoms with Gasteiger partial charge in [0.25, 0.3) is 0 Å². The molecule has 0 N–H and O–H groups in total. The molecule has 0 radical (unpaired) electrons. The largest absolute Gasteiger partial charge is 0.100 e. The summed E-state index contributed by atoms with van der Waals surface area (Å²) in [5.41, 5.74) is 1.34. The molecule has 0 aliphatic heterocycles. The summed E-state index contributed by atoms with van der Waals surface area (Å²) in [4.78, 5) is 0. The zero-order valence-corrected chi connectivity index (χ0v) is 10.3. The summed E-state index contributed by atoms with van der Waals surface area (Å²) < 4.78 is 0. The van der Waals surface area contributed by atoms with E-state index in [-0.39, 0.29) is 0 Å². The highest BCUT2D eigenvalue weighted by atomic mass is 14.5. The standard InChI is InChI=1S/C14H26/c1-6-11(4)13-9-14(13)12(5)8-7-10(2)3/h11-14H,2,6-9H2,1,3-5H3. The smallest absolute Gasteiger partial charge is 0.0323 e. The van der Waals surface area contributed by atoms with Crippen molar-refractivity contribution in [3.05, 3.63) is 12.2 Å². The molecule has 1 saturated carbocycles. The van der Waals surface area contributed by atoms with Crippen LogP contribution < -0.4 is 0 Å². The van der Waals surface area contributed by atoms with Crippen LogP contribution in [0.4, 0.5) is 0 Å². The second kappa shape index (κ2) is 5.00. The molecule has 4 atom stereocenters. The first-order valence-corrected chi connectivity index (χ1v) is 6.20. The average Bonchev–Trinajstić information content (AvgIpc) is 2.92. The van der Waals surface area contributed by atoms with Gasteiger partial charge >= 0.3 is 0 Å². The van der Waals surface area contributed by atoms with Crippen LogP contribution in [0.3, 0.4) is 0 Å². The fraction of sp³-hybridized carbons (Fsp3) is 0.857. The third-order valence-corrected chi connectivity index (χ3v) is 4.02. The summed E-state index contributed by atoms with van der Waals surface area (Å²) >= 11 is 0. The second-order valence-corrected chi connectivity index (χ2v) is 5.42. The topological polar surface area (TPSA) is 0 Å². The summed E-state index contributed by atoms with van der Waals surface area (Å²) in [7, 11) is 0. The molecule has 82 valence electrons. The summed E-state index contributed by atoms with van der Waals surface area (Å²) in [6, 6.07) is 0. The maximum atomic E-state index is 3.98. The fourth-order valence-electron chi connectivity index (χ4n) is 2.54. The molecule has 1 aliphatic carbocycles. The molecule has 0 aromatic heterocycles. The van der Waals surface area contributed by atoms with Crippen LogP contribution in [0.1, 0.15) is 53.4 Å². The fourth-order valence-corrected chi connectivity index (χ4v) is 2.54. The molecule has 1 rings (SSSR count). The Kier molecular flexibility index (Phi) is 4.22. The van der Waals surface area contributed by atoms with E-state index in [1.807, 2.05) is 0 Å². The third-order valence-electron chi connectivity index (χ3n) is 4.02. The van der Waals surface area contributed by atoms with Crippen LogP contribution in [0, 0.1) is 23.7 Å². The molecule has 0 nitrogen and oxygen atoms in total. The monoisotopic (exact) mass is 194 g/mol. The zero-order valence-electron chi connectivity index (χ0n) is 10.3. The van der Waals surface area contributed by atoms with Crippen LogP contribution in [-0.2, 0) is 0 Å². The SMILES string of the molecule is C=C(C)CCC(C)C1CC1C(C)CC. The van der Waals surface area contributed by atoms with Crippen LogP contribution in [0.5, 0.6) is 0 Å². The van der Waals surface area contributed by atoms with Crippen molar-refractivity contribution in [3.63, 3.8) is 0 Å². The Hall–Kier alpha value is -0.260. The predicted octanol–water partition coefficient (Wildman–Crippen LogP) is 4.66. The Morgan fingerprint density at radius 3 is 2.36 bits per heavy atom. The van der Waals surface area contributed by atoms with Crippen molar-refractivity contribution in [2.45, 2.75) is 53.4 Å². The maximum Gasteiger partial charge on any atom is -0.0323 e. The Morgan fingerprint density at radius 1 is 1.29 bits per heavy atom. The van der Waals surface area contributed by atoms with Crippen molar-refractivity contribution in [1.29, 1.82) is 0 Å². The van der Waals surface area contributed by atoms with E-state index >= 15 is 0 Å². The Morgan fingerprint density at radius 2 is 1.86 bits per heavy atom. The molecule has 0 bridgehead atoms. The van der Waals surface area contributed by atoms with Gasteiger partial charge in [0.15, 0.2) is 0 Å². The molecule has 0 aromatic rings. The molecule has 0 amide bonds. The van der Waals surface area contributed by atoms with Gasteiger partial charge in [-0.2, -0.15) is 0 Å². The van der Waals surface area contributed by atoms with Crippen LogP contribution in [0.15, 0.2) is 12.2 Å². The molecule has 0 spiro atoms. The van der Waals surface area contributed by atoms with Gasteiger partial charge in [-0.15, -0.1) is 6.58 Å². The van der Waals surface area contributed by atoms with E-state index < -0.39 is 0 Å². The highest BCUT2D eigenvalue weighted by Crippen LogP contribution is 2.51. The summed E-state index contributed by atoms with van der Waals surface area (Å²) in [5.74, 6) is 3.95. The van der Waals surface area contributed by atoms with Gasteiger partial charge in [-0.25, -0.2) is 0 Å². The van der Waals surface area contributed by atoms with Gasteiger partial charge in [0.2, 0.25) is 0 Å². The van der Waals surface area contributed by atoms with Crippen molar-refractivity contribution in [3.8, 4) is 0 Å². The van der Waals surface area contributed by atoms with Crippen molar-refractivity contribution < 1.29 is 0 Å². The summed E-state index contributed by atoms with van der Waals surface area (Å²) in [6.45, 7) is 13.3. The number of hydrogen-bond donors (Lipinski definition) is 0. The van der Waals surface area contributed by atoms with E-state index in [9.17, 15) is 0 Å². The maximum absolute atomic E-state index is 3.98. The third kappa shape index (κ3) is 3.15. The lowest BCUT2D eigenvalue weighted by molar-refractivity contribution is 0.383. The van der Waals surface area contributed by atoms with Gasteiger partial charge in [0.05, 0.1) is 0 Å². The average molecular weight is 194 g/mol. The quantitative estimate of drug-likeness (QED) is 0.539. The summed E-state index contributed by atoms with van der Waals surface area (Å²) in [5, 5.41) is 0. The number of hydrogen-bond acceptors (Lipinski definition) is 0. The molecule has 1 fully saturated rings. The van der Waals surface area contributed by atoms with Crippen molar-refractivity contribution in [2.75, 3.05) is 0 Å². The Bertz CT molecular complexity index is 192. The number of allylic oxidation sites excluding steroid dienone is 1. The molecule has 0 saturated heterocycles. The van der Waals surface area contributed by atoms with E-state index in [0.29, 0.717) is 0 Å². The molecular formula is C14H26. The molecule has 0 heteroatoms. The van der Waals surface area contributed by atoms with E-state index in [2.05, 4.69) is 34.3 Å². The van der Waals surface area contributed by atoms with E-state index in [1.54, 1.807) is 0 Å². The first kappa shape index (κ1) is 11.8. The van der Waals surface area contributed by atoms with Gasteiger partial charge in [0, 0.05) is 0 Å². The highest BCUT2D eigenvalue weighted by Gasteiger charge is 2.42. The van der Waals surface area contributed by atoms with Gasteiger partial charge in [-0.3, -0.25) is 0 Å². The molecule has 4 unspecified atom stereocenters. The van der Waals surface area contributed by atoms with Gasteiger partial charge in [-0.05, 0) is 49.9 Å². The predicted molar refractivity (Wildman–Crippen MR) is 64.3 cm³/mol. The van der Waals surface area contributed by atoms with Crippen molar-refractivity contribution in [2.24, 2.45) is 23.7 Å². The lowest BCUT2D eigenvalue weighted by Gasteiger charge is -2.13. The lowest BCUT2D eigenvalue weighted by atomic mass is 9.92. The molecule has 14 heavy (non-hydrogen) atoms. The zero-order chi connectivity index (χ0) is 10.7. The molecular weight excluding hydrogens is 168 g/mol. The molecule has 0 aromatic carbocycles. The number of rotatable bonds is 6. The van der Waals surface area contributed by atoms with Crippen LogP contribution in [0.25, 0.3) is 0 Å². The van der Waals surface area contributed by atoms with E-state index in [0.717, 1.165) is 23.7 Å². The van der Waals surface area contributed by atoms with Crippen molar-refractivity contribution in [1.82, 2.24) is 0 Å². The van der Waals surface area contributed by atoms with Crippen LogP contribution in [0.2, 0.25) is 0 Å². The Balaban J connectivity index is 2.21. The minimum atomic E-state index is 0.922. The van der Waals surface area contributed by atoms with Gasteiger partial charge < -0.3 is 0 Å².